The number of hydrogen-bond acceptors (Lipinski definition) is 6. The number of nitrogens with one attached hydrogen (secondary N) is 2. The third kappa shape index (κ3) is 5.78. The van der Waals surface area contributed by atoms with E-state index in [9.17, 15) is 4.79 Å². The number of carbonyl (C=O) groups excluding carboxylic acids is 1. The van der Waals surface area contributed by atoms with E-state index in [4.69, 9.17) is 9.47 Å². The number of ether oxygens (including phenoxy) is 2. The zero-order valence-corrected chi connectivity index (χ0v) is 18.5. The maximum Gasteiger partial charge on any atom is 0.350 e. The van der Waals surface area contributed by atoms with E-state index in [-0.39, 0.29) is 41.4 Å². The van der Waals surface area contributed by atoms with Gasteiger partial charge in [0, 0.05) is 19.0 Å². The van der Waals surface area contributed by atoms with E-state index >= 15 is 0 Å². The number of nitrogens with zero attached hydrogens (tertiary/aromatic N) is 2. The molecule has 0 spiro atoms. The molecule has 2 rings (SSSR count). The lowest BCUT2D eigenvalue weighted by molar-refractivity contribution is -0.0971. The Labute approximate surface area is 170 Å². The molecule has 2 N–H and O–H groups in total. The molecular weight excluding hydrogens is 455 g/mol. The molecule has 25 heavy (non-hydrogen) atoms. The van der Waals surface area contributed by atoms with Crippen molar-refractivity contribution < 1.29 is 14.3 Å². The molecule has 1 saturated heterocycles. The number of rotatable bonds is 6. The Kier molecular flexibility index (Phi) is 8.55. The van der Waals surface area contributed by atoms with E-state index in [2.05, 4.69) is 27.5 Å². The minimum Gasteiger partial charge on any atom is -0.462 e. The smallest absolute Gasteiger partial charge is 0.350 e. The van der Waals surface area contributed by atoms with Crippen LogP contribution in [0.4, 0.5) is 0 Å². The van der Waals surface area contributed by atoms with Crippen molar-refractivity contribution in [1.29, 1.82) is 0 Å². The van der Waals surface area contributed by atoms with Gasteiger partial charge in [0.05, 0.1) is 31.6 Å². The molecule has 1 aliphatic heterocycles. The first-order valence-electron chi connectivity index (χ1n) is 8.08. The van der Waals surface area contributed by atoms with Crippen LogP contribution < -0.4 is 10.6 Å². The van der Waals surface area contributed by atoms with Gasteiger partial charge in [-0.1, -0.05) is 6.92 Å². The maximum atomic E-state index is 11.9. The molecule has 0 radical (unpaired) electrons. The molecule has 7 nitrogen and oxygen atoms in total. The lowest BCUT2D eigenvalue weighted by atomic mass is 9.89. The largest absolute Gasteiger partial charge is 0.462 e. The van der Waals surface area contributed by atoms with Gasteiger partial charge in [-0.2, -0.15) is 0 Å². The van der Waals surface area contributed by atoms with Crippen molar-refractivity contribution in [2.45, 2.75) is 33.7 Å². The van der Waals surface area contributed by atoms with E-state index in [0.29, 0.717) is 23.1 Å². The Morgan fingerprint density at radius 2 is 2.20 bits per heavy atom. The van der Waals surface area contributed by atoms with Crippen molar-refractivity contribution in [1.82, 2.24) is 15.6 Å². The number of aryl methyl sites for hydroxylation is 1. The van der Waals surface area contributed by atoms with Crippen LogP contribution in [0.15, 0.2) is 4.99 Å². The summed E-state index contributed by atoms with van der Waals surface area (Å²) in [6.07, 6.45) is 0. The number of aromatic nitrogens is 1. The lowest BCUT2D eigenvalue weighted by Crippen LogP contribution is -2.51. The normalized spacial score (nSPS) is 17.1. The fourth-order valence-corrected chi connectivity index (χ4v) is 3.26. The summed E-state index contributed by atoms with van der Waals surface area (Å²) in [6.45, 7) is 10.5. The van der Waals surface area contributed by atoms with Gasteiger partial charge in [0.1, 0.15) is 9.88 Å². The first-order chi connectivity index (χ1) is 11.4. The van der Waals surface area contributed by atoms with Crippen molar-refractivity contribution in [2.75, 3.05) is 33.4 Å². The molecule has 1 aromatic heterocycles. The molecule has 1 fully saturated rings. The molecular formula is C16H27IN4O3S. The predicted octanol–water partition coefficient (Wildman–Crippen LogP) is 2.51. The second kappa shape index (κ2) is 9.67. The van der Waals surface area contributed by atoms with Gasteiger partial charge in [0.25, 0.3) is 0 Å². The minimum atomic E-state index is -0.314. The molecule has 0 saturated carbocycles. The summed E-state index contributed by atoms with van der Waals surface area (Å²) in [6, 6.07) is -0.0616. The van der Waals surface area contributed by atoms with Crippen molar-refractivity contribution in [3.63, 3.8) is 0 Å². The van der Waals surface area contributed by atoms with Crippen LogP contribution in [-0.2, 0) is 9.47 Å². The van der Waals surface area contributed by atoms with Gasteiger partial charge in [-0.3, -0.25) is 4.99 Å². The molecule has 0 amide bonds. The topological polar surface area (TPSA) is 84.8 Å². The molecule has 2 heterocycles. The van der Waals surface area contributed by atoms with Gasteiger partial charge in [-0.05, 0) is 20.8 Å². The Morgan fingerprint density at radius 3 is 2.72 bits per heavy atom. The summed E-state index contributed by atoms with van der Waals surface area (Å²) >= 11 is 1.36. The summed E-state index contributed by atoms with van der Waals surface area (Å²) in [5.74, 6) is 0.396. The molecule has 142 valence electrons. The molecule has 1 aliphatic rings. The van der Waals surface area contributed by atoms with E-state index in [0.717, 1.165) is 24.8 Å². The van der Waals surface area contributed by atoms with Gasteiger partial charge in [0.15, 0.2) is 5.96 Å². The third-order valence-corrected chi connectivity index (χ3v) is 5.13. The molecule has 9 heteroatoms. The highest BCUT2D eigenvalue weighted by Gasteiger charge is 2.33. The average molecular weight is 482 g/mol. The standard InChI is InChI=1S/C16H26N4O3S.HI/c1-6-23-14(21)12-10(2)19-13(24-12)11(3)20-15(17-5)18-7-16(4)8-22-9-16;/h11H,6-9H2,1-5H3,(H2,17,18,20);1H. The quantitative estimate of drug-likeness (QED) is 0.281. The highest BCUT2D eigenvalue weighted by Crippen LogP contribution is 2.26. The van der Waals surface area contributed by atoms with Gasteiger partial charge in [-0.25, -0.2) is 9.78 Å². The van der Waals surface area contributed by atoms with Crippen LogP contribution in [-0.4, -0.2) is 50.3 Å². The highest BCUT2D eigenvalue weighted by molar-refractivity contribution is 14.0. The number of halogens is 1. The number of hydrogen-bond donors (Lipinski definition) is 2. The SMILES string of the molecule is CCOC(=O)c1sc(C(C)NC(=NC)NCC2(C)COC2)nc1C.I. The highest BCUT2D eigenvalue weighted by atomic mass is 127. The summed E-state index contributed by atoms with van der Waals surface area (Å²) in [5, 5.41) is 7.46. The van der Waals surface area contributed by atoms with Crippen molar-refractivity contribution in [3.8, 4) is 0 Å². The van der Waals surface area contributed by atoms with Gasteiger partial charge in [-0.15, -0.1) is 35.3 Å². The monoisotopic (exact) mass is 482 g/mol. The molecule has 0 aliphatic carbocycles. The first-order valence-corrected chi connectivity index (χ1v) is 8.89. The minimum absolute atomic E-state index is 0. The summed E-state index contributed by atoms with van der Waals surface area (Å²) < 4.78 is 10.3. The summed E-state index contributed by atoms with van der Waals surface area (Å²) in [5.41, 5.74) is 0.861. The van der Waals surface area contributed by atoms with Crippen molar-refractivity contribution in [3.05, 3.63) is 15.6 Å². The fraction of sp³-hybridized carbons (Fsp3) is 0.688. The van der Waals surface area contributed by atoms with Crippen LogP contribution in [0.25, 0.3) is 0 Å². The van der Waals surface area contributed by atoms with Gasteiger partial charge >= 0.3 is 5.97 Å². The van der Waals surface area contributed by atoms with Crippen molar-refractivity contribution in [2.24, 2.45) is 10.4 Å². The van der Waals surface area contributed by atoms with E-state index < -0.39 is 0 Å². The fourth-order valence-electron chi connectivity index (χ4n) is 2.30. The first kappa shape index (κ1) is 22.1. The van der Waals surface area contributed by atoms with E-state index in [1.165, 1.54) is 11.3 Å². The molecule has 1 atom stereocenters. The zero-order chi connectivity index (χ0) is 17.7. The number of esters is 1. The molecule has 0 bridgehead atoms. The molecule has 1 aromatic rings. The third-order valence-electron chi connectivity index (χ3n) is 3.80. The van der Waals surface area contributed by atoms with E-state index in [1.807, 2.05) is 13.8 Å². The van der Waals surface area contributed by atoms with Gasteiger partial charge < -0.3 is 20.1 Å². The molecule has 1 unspecified atom stereocenters. The Morgan fingerprint density at radius 1 is 1.52 bits per heavy atom. The Bertz CT molecular complexity index is 617. The second-order valence-electron chi connectivity index (χ2n) is 6.28. The maximum absolute atomic E-state index is 11.9. The summed E-state index contributed by atoms with van der Waals surface area (Å²) in [4.78, 5) is 21.2. The number of thiazole rings is 1. The van der Waals surface area contributed by atoms with Crippen LogP contribution in [0.3, 0.4) is 0 Å². The van der Waals surface area contributed by atoms with Crippen LogP contribution in [0.1, 0.15) is 47.2 Å². The van der Waals surface area contributed by atoms with E-state index in [1.54, 1.807) is 14.0 Å². The Hall–Kier alpha value is -0.940. The average Bonchev–Trinajstić information content (AvgIpc) is 2.91. The number of guanidine groups is 1. The van der Waals surface area contributed by atoms with Crippen LogP contribution in [0.5, 0.6) is 0 Å². The second-order valence-corrected chi connectivity index (χ2v) is 7.31. The Balaban J connectivity index is 0.00000312. The zero-order valence-electron chi connectivity index (χ0n) is 15.3. The summed E-state index contributed by atoms with van der Waals surface area (Å²) in [7, 11) is 1.73. The lowest BCUT2D eigenvalue weighted by Gasteiger charge is -2.38. The number of aliphatic imine (C=N–C) groups is 1. The van der Waals surface area contributed by atoms with Crippen LogP contribution in [0, 0.1) is 12.3 Å². The molecule has 0 aromatic carbocycles. The van der Waals surface area contributed by atoms with Crippen molar-refractivity contribution >= 4 is 47.2 Å². The predicted molar refractivity (Wildman–Crippen MR) is 110 cm³/mol. The number of carbonyl (C=O) groups is 1. The van der Waals surface area contributed by atoms with Gasteiger partial charge in [0.2, 0.25) is 0 Å². The van der Waals surface area contributed by atoms with Crippen LogP contribution >= 0.6 is 35.3 Å². The van der Waals surface area contributed by atoms with Crippen LogP contribution in [0.2, 0.25) is 0 Å².